The fourth-order valence-electron chi connectivity index (χ4n) is 4.00. The van der Waals surface area contributed by atoms with Crippen molar-refractivity contribution in [1.82, 2.24) is 9.80 Å². The SMILES string of the molecule is O=C(O)C(F)(F)F.O=C1CO[C@@H]2CN(CC3CCOCC3)C[C@H]2N1CC1CC1. The molecule has 0 radical (unpaired) electrons. The number of carboxylic acid groups (broad SMARTS) is 1. The summed E-state index contributed by atoms with van der Waals surface area (Å²) in [6.45, 7) is 6.22. The number of rotatable bonds is 4. The first kappa shape index (κ1) is 21.3. The normalized spacial score (nSPS) is 29.2. The second-order valence-electron chi connectivity index (χ2n) is 7.98. The lowest BCUT2D eigenvalue weighted by molar-refractivity contribution is -0.192. The second kappa shape index (κ2) is 8.96. The van der Waals surface area contributed by atoms with Crippen molar-refractivity contribution in [3.8, 4) is 0 Å². The number of hydrogen-bond acceptors (Lipinski definition) is 5. The van der Waals surface area contributed by atoms with Crippen LogP contribution in [0.2, 0.25) is 0 Å². The molecule has 160 valence electrons. The van der Waals surface area contributed by atoms with E-state index in [-0.39, 0.29) is 12.0 Å². The Morgan fingerprint density at radius 2 is 1.68 bits per heavy atom. The van der Waals surface area contributed by atoms with Crippen LogP contribution in [0.25, 0.3) is 0 Å². The van der Waals surface area contributed by atoms with Crippen molar-refractivity contribution in [2.75, 3.05) is 46.0 Å². The Bertz CT molecular complexity index is 564. The van der Waals surface area contributed by atoms with Crippen molar-refractivity contribution in [2.24, 2.45) is 11.8 Å². The molecule has 3 saturated heterocycles. The molecule has 4 rings (SSSR count). The lowest BCUT2D eigenvalue weighted by Crippen LogP contribution is -2.54. The summed E-state index contributed by atoms with van der Waals surface area (Å²) in [6, 6.07) is 0.298. The molecule has 4 aliphatic rings. The average molecular weight is 408 g/mol. The van der Waals surface area contributed by atoms with Crippen LogP contribution < -0.4 is 0 Å². The molecular formula is C18H27F3N2O5. The number of morpholine rings is 1. The summed E-state index contributed by atoms with van der Waals surface area (Å²) in [5.74, 6) is -1.03. The maximum absolute atomic E-state index is 12.2. The van der Waals surface area contributed by atoms with Crippen LogP contribution >= 0.6 is 0 Å². The number of nitrogens with zero attached hydrogens (tertiary/aromatic N) is 2. The third-order valence-corrected chi connectivity index (χ3v) is 5.71. The topological polar surface area (TPSA) is 79.3 Å². The molecule has 1 aliphatic carbocycles. The summed E-state index contributed by atoms with van der Waals surface area (Å²) in [5, 5.41) is 7.12. The third kappa shape index (κ3) is 5.81. The lowest BCUT2D eigenvalue weighted by Gasteiger charge is -2.37. The number of halogens is 3. The van der Waals surface area contributed by atoms with Gasteiger partial charge in [0.1, 0.15) is 6.61 Å². The summed E-state index contributed by atoms with van der Waals surface area (Å²) in [5.41, 5.74) is 0. The van der Waals surface area contributed by atoms with E-state index < -0.39 is 12.1 Å². The smallest absolute Gasteiger partial charge is 0.475 e. The van der Waals surface area contributed by atoms with Crippen molar-refractivity contribution in [3.05, 3.63) is 0 Å². The maximum Gasteiger partial charge on any atom is 0.490 e. The number of carbonyl (C=O) groups is 2. The molecule has 28 heavy (non-hydrogen) atoms. The van der Waals surface area contributed by atoms with Gasteiger partial charge in [0.05, 0.1) is 12.1 Å². The summed E-state index contributed by atoms with van der Waals surface area (Å²) >= 11 is 0. The Labute approximate surface area is 161 Å². The van der Waals surface area contributed by atoms with E-state index >= 15 is 0 Å². The van der Waals surface area contributed by atoms with Crippen LogP contribution in [0.3, 0.4) is 0 Å². The lowest BCUT2D eigenvalue weighted by atomic mass is 10.00. The molecule has 0 aromatic carbocycles. The van der Waals surface area contributed by atoms with Crippen LogP contribution in [0.1, 0.15) is 25.7 Å². The van der Waals surface area contributed by atoms with Gasteiger partial charge in [-0.3, -0.25) is 9.69 Å². The van der Waals surface area contributed by atoms with Crippen molar-refractivity contribution >= 4 is 11.9 Å². The zero-order chi connectivity index (χ0) is 20.3. The standard InChI is InChI=1S/C16H26N2O3.C2HF3O2/c19-16-11-21-15-10-17(7-13-3-5-20-6-4-13)9-14(15)18(16)8-12-1-2-12;3-2(4,5)1(6)7/h12-15H,1-11H2;(H,6,7)/t14-,15-;/m1./s1. The molecule has 1 N–H and O–H groups in total. The van der Waals surface area contributed by atoms with E-state index in [1.54, 1.807) is 0 Å². The summed E-state index contributed by atoms with van der Waals surface area (Å²) < 4.78 is 43.0. The predicted octanol–water partition coefficient (Wildman–Crippen LogP) is 1.37. The predicted molar refractivity (Wildman–Crippen MR) is 91.6 cm³/mol. The molecule has 2 atom stereocenters. The molecule has 3 heterocycles. The molecule has 1 saturated carbocycles. The van der Waals surface area contributed by atoms with Crippen LogP contribution in [0, 0.1) is 11.8 Å². The van der Waals surface area contributed by atoms with E-state index in [1.807, 2.05) is 0 Å². The van der Waals surface area contributed by atoms with E-state index in [0.29, 0.717) is 12.6 Å². The highest BCUT2D eigenvalue weighted by Gasteiger charge is 2.44. The van der Waals surface area contributed by atoms with Gasteiger partial charge in [-0.15, -0.1) is 0 Å². The van der Waals surface area contributed by atoms with Crippen LogP contribution in [-0.4, -0.2) is 91.1 Å². The fourth-order valence-corrected chi connectivity index (χ4v) is 4.00. The van der Waals surface area contributed by atoms with E-state index in [4.69, 9.17) is 19.4 Å². The van der Waals surface area contributed by atoms with Gasteiger partial charge < -0.3 is 19.5 Å². The number of ether oxygens (including phenoxy) is 2. The zero-order valence-electron chi connectivity index (χ0n) is 15.7. The highest BCUT2D eigenvalue weighted by Crippen LogP contribution is 2.33. The molecule has 4 fully saturated rings. The summed E-state index contributed by atoms with van der Waals surface area (Å²) in [6.07, 6.45) is 0.109. The first-order chi connectivity index (χ1) is 13.2. The average Bonchev–Trinajstić information content (AvgIpc) is 3.36. The molecule has 0 unspecified atom stereocenters. The Morgan fingerprint density at radius 1 is 1.07 bits per heavy atom. The third-order valence-electron chi connectivity index (χ3n) is 5.71. The van der Waals surface area contributed by atoms with Crippen molar-refractivity contribution in [3.63, 3.8) is 0 Å². The van der Waals surface area contributed by atoms with Gasteiger partial charge in [0, 0.05) is 39.4 Å². The molecule has 3 aliphatic heterocycles. The molecule has 0 aromatic rings. The minimum absolute atomic E-state index is 0.205. The monoisotopic (exact) mass is 408 g/mol. The number of carbonyl (C=O) groups excluding carboxylic acids is 1. The second-order valence-corrected chi connectivity index (χ2v) is 7.98. The first-order valence-electron chi connectivity index (χ1n) is 9.75. The highest BCUT2D eigenvalue weighted by atomic mass is 19.4. The van der Waals surface area contributed by atoms with Crippen molar-refractivity contribution in [2.45, 2.75) is 44.0 Å². The Balaban J connectivity index is 0.000000279. The number of alkyl halides is 3. The van der Waals surface area contributed by atoms with Crippen molar-refractivity contribution in [1.29, 1.82) is 0 Å². The van der Waals surface area contributed by atoms with Crippen LogP contribution in [0.4, 0.5) is 13.2 Å². The van der Waals surface area contributed by atoms with E-state index in [0.717, 1.165) is 51.2 Å². The maximum atomic E-state index is 12.2. The van der Waals surface area contributed by atoms with Crippen LogP contribution in [0.5, 0.6) is 0 Å². The van der Waals surface area contributed by atoms with Gasteiger partial charge in [-0.1, -0.05) is 0 Å². The van der Waals surface area contributed by atoms with Crippen LogP contribution in [0.15, 0.2) is 0 Å². The molecule has 1 amide bonds. The van der Waals surface area contributed by atoms with Gasteiger partial charge in [0.2, 0.25) is 5.91 Å². The summed E-state index contributed by atoms with van der Waals surface area (Å²) in [4.78, 5) is 25.7. The van der Waals surface area contributed by atoms with E-state index in [9.17, 15) is 18.0 Å². The minimum atomic E-state index is -5.08. The Hall–Kier alpha value is -1.39. The van der Waals surface area contributed by atoms with Gasteiger partial charge in [0.25, 0.3) is 0 Å². The number of amides is 1. The van der Waals surface area contributed by atoms with Crippen LogP contribution in [-0.2, 0) is 19.1 Å². The highest BCUT2D eigenvalue weighted by molar-refractivity contribution is 5.78. The molecule has 7 nitrogen and oxygen atoms in total. The number of hydrogen-bond donors (Lipinski definition) is 1. The Morgan fingerprint density at radius 3 is 2.25 bits per heavy atom. The fraction of sp³-hybridized carbons (Fsp3) is 0.889. The first-order valence-corrected chi connectivity index (χ1v) is 9.75. The molecule has 10 heteroatoms. The molecule has 0 bridgehead atoms. The Kier molecular flexibility index (Phi) is 6.82. The zero-order valence-corrected chi connectivity index (χ0v) is 15.7. The van der Waals surface area contributed by atoms with Gasteiger partial charge in [-0.2, -0.15) is 13.2 Å². The molecular weight excluding hydrogens is 381 g/mol. The minimum Gasteiger partial charge on any atom is -0.475 e. The van der Waals surface area contributed by atoms with Gasteiger partial charge >= 0.3 is 12.1 Å². The summed E-state index contributed by atoms with van der Waals surface area (Å²) in [7, 11) is 0. The van der Waals surface area contributed by atoms with E-state index in [1.165, 1.54) is 25.7 Å². The number of fused-ring (bicyclic) bond motifs is 1. The van der Waals surface area contributed by atoms with Crippen molar-refractivity contribution < 1.29 is 37.3 Å². The largest absolute Gasteiger partial charge is 0.490 e. The number of aliphatic carboxylic acids is 1. The van der Waals surface area contributed by atoms with Gasteiger partial charge in [-0.25, -0.2) is 4.79 Å². The van der Waals surface area contributed by atoms with E-state index in [2.05, 4.69) is 9.80 Å². The quantitative estimate of drug-likeness (QED) is 0.757. The molecule has 0 aromatic heterocycles. The van der Waals surface area contributed by atoms with Gasteiger partial charge in [0.15, 0.2) is 0 Å². The number of likely N-dealkylation sites (tertiary alicyclic amines) is 1. The molecule has 0 spiro atoms. The van der Waals surface area contributed by atoms with Gasteiger partial charge in [-0.05, 0) is 37.5 Å². The number of carboxylic acids is 1.